The molecule has 0 radical (unpaired) electrons. The lowest BCUT2D eigenvalue weighted by Crippen LogP contribution is -2.01. The van der Waals surface area contributed by atoms with Crippen molar-refractivity contribution in [2.45, 2.75) is 6.73 Å². The number of nitrogens with zero attached hydrogens (tertiary/aromatic N) is 5. The third-order valence-corrected chi connectivity index (χ3v) is 2.33. The van der Waals surface area contributed by atoms with E-state index in [4.69, 9.17) is 10.00 Å². The average Bonchev–Trinajstić information content (AvgIpc) is 2.80. The van der Waals surface area contributed by atoms with Crippen LogP contribution >= 0.6 is 0 Å². The summed E-state index contributed by atoms with van der Waals surface area (Å²) in [5.41, 5.74) is 2.14. The van der Waals surface area contributed by atoms with Crippen molar-refractivity contribution in [2.24, 2.45) is 0 Å². The van der Waals surface area contributed by atoms with Gasteiger partial charge in [0, 0.05) is 20.4 Å². The van der Waals surface area contributed by atoms with E-state index in [0.717, 1.165) is 0 Å². The first-order valence-corrected chi connectivity index (χ1v) is 5.24. The molecule has 0 spiro atoms. The fourth-order valence-corrected chi connectivity index (χ4v) is 1.61. The highest BCUT2D eigenvalue weighted by atomic mass is 16.5. The summed E-state index contributed by atoms with van der Waals surface area (Å²) in [5.74, 6) is 0. The number of rotatable bonds is 4. The fourth-order valence-electron chi connectivity index (χ4n) is 1.61. The zero-order chi connectivity index (χ0) is 13.0. The van der Waals surface area contributed by atoms with E-state index in [2.05, 4.69) is 26.3 Å². The van der Waals surface area contributed by atoms with Gasteiger partial charge in [-0.2, -0.15) is 5.26 Å². The molecule has 0 unspecified atom stereocenters. The molecule has 0 aliphatic carbocycles. The summed E-state index contributed by atoms with van der Waals surface area (Å²) in [4.78, 5) is 12.5. The lowest BCUT2D eigenvalue weighted by molar-refractivity contribution is 0.134. The van der Waals surface area contributed by atoms with Gasteiger partial charge < -0.3 is 10.1 Å². The summed E-state index contributed by atoms with van der Waals surface area (Å²) in [7, 11) is 3.31. The van der Waals surface area contributed by atoms with E-state index in [9.17, 15) is 0 Å². The van der Waals surface area contributed by atoms with Crippen molar-refractivity contribution in [3.8, 4) is 6.07 Å². The summed E-state index contributed by atoms with van der Waals surface area (Å²) >= 11 is 0. The molecule has 0 aliphatic heterocycles. The van der Waals surface area contributed by atoms with Gasteiger partial charge in [0.15, 0.2) is 5.65 Å². The van der Waals surface area contributed by atoms with Crippen LogP contribution < -0.4 is 5.32 Å². The molecule has 0 saturated carbocycles. The largest absolute Gasteiger partial charge is 0.393 e. The number of allylic oxidation sites excluding steroid dienone is 1. The van der Waals surface area contributed by atoms with Gasteiger partial charge >= 0.3 is 0 Å². The van der Waals surface area contributed by atoms with Crippen LogP contribution in [0.4, 0.5) is 0 Å². The molecule has 18 heavy (non-hydrogen) atoms. The van der Waals surface area contributed by atoms with E-state index in [1.165, 1.54) is 6.33 Å². The maximum absolute atomic E-state index is 9.10. The first kappa shape index (κ1) is 12.0. The second-order valence-electron chi connectivity index (χ2n) is 3.49. The van der Waals surface area contributed by atoms with Gasteiger partial charge in [-0.15, -0.1) is 0 Å². The summed E-state index contributed by atoms with van der Waals surface area (Å²) in [6, 6.07) is 2.08. The summed E-state index contributed by atoms with van der Waals surface area (Å²) in [6.45, 7) is 0.352. The fraction of sp³-hybridized carbons (Fsp3) is 0.273. The van der Waals surface area contributed by atoms with Gasteiger partial charge in [-0.1, -0.05) is 0 Å². The molecule has 7 heteroatoms. The first-order valence-electron chi connectivity index (χ1n) is 5.24. The van der Waals surface area contributed by atoms with E-state index in [1.54, 1.807) is 31.3 Å². The average molecular weight is 244 g/mol. The molecule has 7 nitrogen and oxygen atoms in total. The summed E-state index contributed by atoms with van der Waals surface area (Å²) in [5, 5.41) is 11.9. The Labute approximate surface area is 104 Å². The molecule has 0 bridgehead atoms. The summed E-state index contributed by atoms with van der Waals surface area (Å²) < 4.78 is 6.78. The lowest BCUT2D eigenvalue weighted by Gasteiger charge is -2.02. The number of nitrogens with one attached hydrogen (secondary N) is 1. The maximum atomic E-state index is 9.10. The smallest absolute Gasteiger partial charge is 0.165 e. The molecule has 0 fully saturated rings. The Morgan fingerprint density at radius 2 is 2.39 bits per heavy atom. The molecule has 2 rings (SSSR count). The number of ether oxygens (including phenoxy) is 1. The molecule has 2 aromatic heterocycles. The first-order chi connectivity index (χ1) is 8.81. The van der Waals surface area contributed by atoms with Gasteiger partial charge in [-0.05, 0) is 0 Å². The van der Waals surface area contributed by atoms with Crippen LogP contribution in [0.5, 0.6) is 0 Å². The topological polar surface area (TPSA) is 88.7 Å². The quantitative estimate of drug-likeness (QED) is 0.788. The van der Waals surface area contributed by atoms with E-state index in [1.807, 2.05) is 0 Å². The van der Waals surface area contributed by atoms with E-state index in [-0.39, 0.29) is 0 Å². The van der Waals surface area contributed by atoms with Gasteiger partial charge in [0.05, 0.1) is 11.9 Å². The van der Waals surface area contributed by atoms with Crippen molar-refractivity contribution >= 4 is 16.7 Å². The van der Waals surface area contributed by atoms with Crippen LogP contribution in [0.1, 0.15) is 5.69 Å². The number of nitriles is 1. The zero-order valence-corrected chi connectivity index (χ0v) is 10.1. The Hall–Kier alpha value is -2.46. The molecule has 0 amide bonds. The van der Waals surface area contributed by atoms with Gasteiger partial charge in [-0.3, -0.25) is 4.57 Å². The number of imidazole rings is 1. The number of fused-ring (bicyclic) bond motifs is 1. The highest BCUT2D eigenvalue weighted by Crippen LogP contribution is 2.19. The van der Waals surface area contributed by atoms with Crippen molar-refractivity contribution in [1.29, 1.82) is 5.26 Å². The van der Waals surface area contributed by atoms with Crippen LogP contribution in [-0.4, -0.2) is 33.7 Å². The highest BCUT2D eigenvalue weighted by molar-refractivity contribution is 5.89. The van der Waals surface area contributed by atoms with Crippen molar-refractivity contribution < 1.29 is 4.74 Å². The van der Waals surface area contributed by atoms with Crippen molar-refractivity contribution in [3.63, 3.8) is 0 Å². The lowest BCUT2D eigenvalue weighted by atomic mass is 10.2. The summed E-state index contributed by atoms with van der Waals surface area (Å²) in [6.07, 6.45) is 4.60. The number of hydrogen-bond acceptors (Lipinski definition) is 6. The Bertz CT molecular complexity index is 624. The normalized spacial score (nSPS) is 11.5. The monoisotopic (exact) mass is 244 g/mol. The van der Waals surface area contributed by atoms with E-state index >= 15 is 0 Å². The molecular formula is C11H12N6O. The van der Waals surface area contributed by atoms with Gasteiger partial charge in [0.25, 0.3) is 0 Å². The molecule has 92 valence electrons. The van der Waals surface area contributed by atoms with Crippen LogP contribution in [0.15, 0.2) is 18.9 Å². The number of methoxy groups -OCH3 is 1. The van der Waals surface area contributed by atoms with Crippen molar-refractivity contribution in [1.82, 2.24) is 24.8 Å². The SMILES string of the molecule is CN/C=C(/C#N)c1ncnc2c1ncn2COC. The Balaban J connectivity index is 2.60. The third-order valence-electron chi connectivity index (χ3n) is 2.33. The minimum atomic E-state index is 0.352. The molecule has 2 heterocycles. The Morgan fingerprint density at radius 1 is 1.56 bits per heavy atom. The Morgan fingerprint density at radius 3 is 3.06 bits per heavy atom. The highest BCUT2D eigenvalue weighted by Gasteiger charge is 2.13. The minimum absolute atomic E-state index is 0.352. The maximum Gasteiger partial charge on any atom is 0.165 e. The second kappa shape index (κ2) is 5.25. The standard InChI is InChI=1S/C11H12N6O/c1-13-4-8(3-12)9-10-11(15-5-14-9)17(6-16-10)7-18-2/h4-6,13H,7H2,1-2H3/b8-4-. The second-order valence-corrected chi connectivity index (χ2v) is 3.49. The molecule has 1 N–H and O–H groups in total. The van der Waals surface area contributed by atoms with Gasteiger partial charge in [-0.25, -0.2) is 15.0 Å². The van der Waals surface area contributed by atoms with E-state index < -0.39 is 0 Å². The van der Waals surface area contributed by atoms with E-state index in [0.29, 0.717) is 29.2 Å². The number of hydrogen-bond donors (Lipinski definition) is 1. The van der Waals surface area contributed by atoms with Crippen molar-refractivity contribution in [3.05, 3.63) is 24.5 Å². The Kier molecular flexibility index (Phi) is 3.50. The molecule has 2 aromatic rings. The van der Waals surface area contributed by atoms with Crippen molar-refractivity contribution in [2.75, 3.05) is 14.2 Å². The van der Waals surface area contributed by atoms with Crippen LogP contribution in [-0.2, 0) is 11.5 Å². The van der Waals surface area contributed by atoms with Crippen LogP contribution in [0.3, 0.4) is 0 Å². The zero-order valence-electron chi connectivity index (χ0n) is 10.1. The molecule has 0 aromatic carbocycles. The van der Waals surface area contributed by atoms with Crippen LogP contribution in [0.2, 0.25) is 0 Å². The molecule has 0 aliphatic rings. The van der Waals surface area contributed by atoms with Gasteiger partial charge in [0.1, 0.15) is 30.3 Å². The predicted molar refractivity (Wildman–Crippen MR) is 65.0 cm³/mol. The van der Waals surface area contributed by atoms with Crippen LogP contribution in [0, 0.1) is 11.3 Å². The third kappa shape index (κ3) is 2.01. The predicted octanol–water partition coefficient (Wildman–Crippen LogP) is 0.514. The van der Waals surface area contributed by atoms with Crippen LogP contribution in [0.25, 0.3) is 16.7 Å². The molecule has 0 atom stereocenters. The number of aromatic nitrogens is 4. The minimum Gasteiger partial charge on any atom is -0.393 e. The molecular weight excluding hydrogens is 232 g/mol. The van der Waals surface area contributed by atoms with Gasteiger partial charge in [0.2, 0.25) is 0 Å². The molecule has 0 saturated heterocycles.